The van der Waals surface area contributed by atoms with Gasteiger partial charge < -0.3 is 13.9 Å². The molecule has 0 aliphatic heterocycles. The van der Waals surface area contributed by atoms with Crippen LogP contribution < -0.4 is 0 Å². The number of hydrogen-bond acceptors (Lipinski definition) is 5. The lowest BCUT2D eigenvalue weighted by atomic mass is 10.1. The third-order valence-electron chi connectivity index (χ3n) is 2.78. The Kier molecular flexibility index (Phi) is 4.42. The van der Waals surface area contributed by atoms with Crippen molar-refractivity contribution in [3.05, 3.63) is 40.2 Å². The molecule has 20 heavy (non-hydrogen) atoms. The molecule has 0 saturated heterocycles. The van der Waals surface area contributed by atoms with E-state index < -0.39 is 5.97 Å². The molecule has 1 aromatic carbocycles. The van der Waals surface area contributed by atoms with Gasteiger partial charge in [-0.15, -0.1) is 0 Å². The number of hydrogen-bond donors (Lipinski definition) is 0. The summed E-state index contributed by atoms with van der Waals surface area (Å²) in [5, 5.41) is 0.566. The number of oxazole rings is 1. The number of rotatable bonds is 4. The standard InChI is InChI=1S/C14H14ClNO4/c1-8-4-5-9(15)6-10(8)13-16-11(7-18-2)12(20-13)14(17)19-3/h4-6H,7H2,1-3H3. The fourth-order valence-corrected chi connectivity index (χ4v) is 1.95. The van der Waals surface area contributed by atoms with Gasteiger partial charge in [0.2, 0.25) is 11.7 Å². The minimum atomic E-state index is -0.588. The van der Waals surface area contributed by atoms with Gasteiger partial charge >= 0.3 is 5.97 Å². The van der Waals surface area contributed by atoms with E-state index in [9.17, 15) is 4.79 Å². The number of carbonyl (C=O) groups is 1. The molecule has 6 heteroatoms. The number of halogens is 1. The molecule has 0 bridgehead atoms. The summed E-state index contributed by atoms with van der Waals surface area (Å²) in [6, 6.07) is 5.37. The molecule has 0 spiro atoms. The van der Waals surface area contributed by atoms with Crippen LogP contribution in [0.5, 0.6) is 0 Å². The van der Waals surface area contributed by atoms with Gasteiger partial charge in [-0.25, -0.2) is 9.78 Å². The van der Waals surface area contributed by atoms with Crippen LogP contribution >= 0.6 is 11.6 Å². The Morgan fingerprint density at radius 3 is 2.80 bits per heavy atom. The zero-order valence-electron chi connectivity index (χ0n) is 11.4. The number of aryl methyl sites for hydroxylation is 1. The molecule has 0 aliphatic rings. The van der Waals surface area contributed by atoms with Crippen molar-refractivity contribution in [1.29, 1.82) is 0 Å². The molecule has 0 atom stereocenters. The maximum absolute atomic E-state index is 11.7. The Balaban J connectivity index is 2.52. The third-order valence-corrected chi connectivity index (χ3v) is 3.01. The van der Waals surface area contributed by atoms with E-state index in [-0.39, 0.29) is 12.4 Å². The van der Waals surface area contributed by atoms with Crippen LogP contribution in [0, 0.1) is 6.92 Å². The molecule has 2 rings (SSSR count). The lowest BCUT2D eigenvalue weighted by Crippen LogP contribution is -2.04. The van der Waals surface area contributed by atoms with Crippen molar-refractivity contribution in [1.82, 2.24) is 4.98 Å². The van der Waals surface area contributed by atoms with Gasteiger partial charge in [-0.05, 0) is 24.6 Å². The highest BCUT2D eigenvalue weighted by Gasteiger charge is 2.22. The Labute approximate surface area is 121 Å². The van der Waals surface area contributed by atoms with E-state index in [1.54, 1.807) is 12.1 Å². The highest BCUT2D eigenvalue weighted by Crippen LogP contribution is 2.28. The van der Waals surface area contributed by atoms with Crippen molar-refractivity contribution in [2.24, 2.45) is 0 Å². The monoisotopic (exact) mass is 295 g/mol. The van der Waals surface area contributed by atoms with E-state index in [1.165, 1.54) is 14.2 Å². The van der Waals surface area contributed by atoms with Crippen LogP contribution in [0.15, 0.2) is 22.6 Å². The number of nitrogens with zero attached hydrogens (tertiary/aromatic N) is 1. The molecule has 0 amide bonds. The van der Waals surface area contributed by atoms with Gasteiger partial charge in [-0.2, -0.15) is 0 Å². The highest BCUT2D eigenvalue weighted by atomic mass is 35.5. The van der Waals surface area contributed by atoms with Crippen molar-refractivity contribution >= 4 is 17.6 Å². The van der Waals surface area contributed by atoms with Gasteiger partial charge in [0.1, 0.15) is 5.69 Å². The van der Waals surface area contributed by atoms with Crippen molar-refractivity contribution in [2.45, 2.75) is 13.5 Å². The Morgan fingerprint density at radius 2 is 2.15 bits per heavy atom. The fraction of sp³-hybridized carbons (Fsp3) is 0.286. The smallest absolute Gasteiger partial charge is 0.376 e. The van der Waals surface area contributed by atoms with Gasteiger partial charge in [0, 0.05) is 17.7 Å². The molecular weight excluding hydrogens is 282 g/mol. The van der Waals surface area contributed by atoms with Crippen LogP contribution in [-0.2, 0) is 16.1 Å². The second kappa shape index (κ2) is 6.07. The first-order valence-electron chi connectivity index (χ1n) is 5.90. The van der Waals surface area contributed by atoms with Crippen LogP contribution in [-0.4, -0.2) is 25.2 Å². The summed E-state index contributed by atoms with van der Waals surface area (Å²) < 4.78 is 15.2. The summed E-state index contributed by atoms with van der Waals surface area (Å²) >= 11 is 5.98. The molecule has 106 valence electrons. The van der Waals surface area contributed by atoms with E-state index in [0.717, 1.165) is 11.1 Å². The zero-order chi connectivity index (χ0) is 14.7. The Hall–Kier alpha value is -1.85. The van der Waals surface area contributed by atoms with E-state index in [0.29, 0.717) is 16.6 Å². The Bertz CT molecular complexity index is 636. The highest BCUT2D eigenvalue weighted by molar-refractivity contribution is 6.30. The molecule has 0 radical (unpaired) electrons. The van der Waals surface area contributed by atoms with Gasteiger partial charge in [-0.3, -0.25) is 0 Å². The molecule has 0 saturated carbocycles. The topological polar surface area (TPSA) is 61.6 Å². The first-order valence-corrected chi connectivity index (χ1v) is 6.28. The Morgan fingerprint density at radius 1 is 1.40 bits per heavy atom. The average molecular weight is 296 g/mol. The molecule has 0 fully saturated rings. The number of benzene rings is 1. The van der Waals surface area contributed by atoms with Crippen molar-refractivity contribution in [3.63, 3.8) is 0 Å². The number of methoxy groups -OCH3 is 2. The van der Waals surface area contributed by atoms with Gasteiger partial charge in [0.15, 0.2) is 0 Å². The van der Waals surface area contributed by atoms with Gasteiger partial charge in [0.25, 0.3) is 0 Å². The summed E-state index contributed by atoms with van der Waals surface area (Å²) in [4.78, 5) is 16.0. The van der Waals surface area contributed by atoms with Crippen LogP contribution in [0.1, 0.15) is 21.8 Å². The lowest BCUT2D eigenvalue weighted by molar-refractivity contribution is 0.0559. The summed E-state index contributed by atoms with van der Waals surface area (Å²) in [6.45, 7) is 2.07. The number of carbonyl (C=O) groups excluding carboxylic acids is 1. The second-order valence-corrected chi connectivity index (χ2v) is 4.62. The first-order chi connectivity index (χ1) is 9.56. The lowest BCUT2D eigenvalue weighted by Gasteiger charge is -2.01. The van der Waals surface area contributed by atoms with Crippen molar-refractivity contribution in [2.75, 3.05) is 14.2 Å². The molecule has 0 N–H and O–H groups in total. The molecule has 1 heterocycles. The van der Waals surface area contributed by atoms with Gasteiger partial charge in [0.05, 0.1) is 13.7 Å². The van der Waals surface area contributed by atoms with E-state index >= 15 is 0 Å². The summed E-state index contributed by atoms with van der Waals surface area (Å²) in [7, 11) is 2.80. The largest absolute Gasteiger partial charge is 0.463 e. The van der Waals surface area contributed by atoms with Crippen molar-refractivity contribution in [3.8, 4) is 11.5 Å². The van der Waals surface area contributed by atoms with E-state index in [2.05, 4.69) is 9.72 Å². The molecule has 2 aromatic rings. The van der Waals surface area contributed by atoms with Crippen LogP contribution in [0.2, 0.25) is 5.02 Å². The van der Waals surface area contributed by atoms with Crippen LogP contribution in [0.4, 0.5) is 0 Å². The summed E-state index contributed by atoms with van der Waals surface area (Å²) in [5.74, 6) is -0.225. The van der Waals surface area contributed by atoms with Crippen molar-refractivity contribution < 1.29 is 18.7 Å². The van der Waals surface area contributed by atoms with E-state index in [1.807, 2.05) is 13.0 Å². The number of aromatic nitrogens is 1. The predicted molar refractivity (Wildman–Crippen MR) is 73.7 cm³/mol. The SMILES string of the molecule is COCc1nc(-c2cc(Cl)ccc2C)oc1C(=O)OC. The number of ether oxygens (including phenoxy) is 2. The molecule has 1 aromatic heterocycles. The molecule has 5 nitrogen and oxygen atoms in total. The van der Waals surface area contributed by atoms with Crippen LogP contribution in [0.25, 0.3) is 11.5 Å². The summed E-state index contributed by atoms with van der Waals surface area (Å²) in [6.07, 6.45) is 0. The predicted octanol–water partition coefficient (Wildman–Crippen LogP) is 3.24. The third kappa shape index (κ3) is 2.84. The fourth-order valence-electron chi connectivity index (χ4n) is 1.78. The maximum atomic E-state index is 11.7. The molecule has 0 aliphatic carbocycles. The average Bonchev–Trinajstić information content (AvgIpc) is 2.85. The molecular formula is C14H14ClNO4. The zero-order valence-corrected chi connectivity index (χ0v) is 12.2. The summed E-state index contributed by atoms with van der Waals surface area (Å²) in [5.41, 5.74) is 2.06. The van der Waals surface area contributed by atoms with E-state index in [4.69, 9.17) is 20.8 Å². The van der Waals surface area contributed by atoms with Gasteiger partial charge in [-0.1, -0.05) is 17.7 Å². The first kappa shape index (κ1) is 14.6. The maximum Gasteiger partial charge on any atom is 0.376 e. The minimum Gasteiger partial charge on any atom is -0.463 e. The quantitative estimate of drug-likeness (QED) is 0.810. The number of esters is 1. The normalized spacial score (nSPS) is 10.6. The minimum absolute atomic E-state index is 0.0451. The molecule has 0 unspecified atom stereocenters. The van der Waals surface area contributed by atoms with Crippen LogP contribution in [0.3, 0.4) is 0 Å². The second-order valence-electron chi connectivity index (χ2n) is 4.18.